The number of nitrogens with one attached hydrogen (secondary N) is 3. The molecule has 0 aromatic rings. The van der Waals surface area contributed by atoms with Gasteiger partial charge in [-0.2, -0.15) is 5.10 Å². The van der Waals surface area contributed by atoms with Crippen molar-refractivity contribution in [2.24, 2.45) is 11.0 Å². The van der Waals surface area contributed by atoms with Crippen molar-refractivity contribution in [3.63, 3.8) is 0 Å². The maximum atomic E-state index is 12.4. The van der Waals surface area contributed by atoms with Gasteiger partial charge in [0, 0.05) is 13.1 Å². The van der Waals surface area contributed by atoms with Crippen LogP contribution in [0.4, 0.5) is 0 Å². The molecule has 1 atom stereocenters. The summed E-state index contributed by atoms with van der Waals surface area (Å²) in [6, 6.07) is 0. The Balaban J connectivity index is 2.83. The SMILES string of the molecule is C=CCNC(=S)N/N=C(\C)C1C(=O)NC(=S)N(CC=C)C1=O. The van der Waals surface area contributed by atoms with Crippen molar-refractivity contribution in [3.05, 3.63) is 25.3 Å². The minimum absolute atomic E-state index is 0.0649. The lowest BCUT2D eigenvalue weighted by Gasteiger charge is -2.31. The molecule has 0 spiro atoms. The largest absolute Gasteiger partial charge is 0.358 e. The second-order valence-electron chi connectivity index (χ2n) is 4.33. The lowest BCUT2D eigenvalue weighted by molar-refractivity contribution is -0.137. The van der Waals surface area contributed by atoms with E-state index in [4.69, 9.17) is 24.4 Å². The van der Waals surface area contributed by atoms with E-state index in [0.29, 0.717) is 6.54 Å². The standard InChI is InChI=1S/C13H17N5O2S2/c1-4-6-14-12(21)17-16-8(3)9-10(19)15-13(22)18(7-5-2)11(9)20/h4-5,9H,1-2,6-7H2,3H3,(H2,14,17,21)(H,15,19,22)/b16-8+. The Kier molecular flexibility index (Phi) is 6.80. The minimum Gasteiger partial charge on any atom is -0.358 e. The van der Waals surface area contributed by atoms with E-state index in [1.807, 2.05) is 0 Å². The van der Waals surface area contributed by atoms with Crippen molar-refractivity contribution >= 4 is 52.2 Å². The predicted octanol–water partition coefficient (Wildman–Crippen LogP) is 0.0579. The Morgan fingerprint density at radius 2 is 2.14 bits per heavy atom. The third kappa shape index (κ3) is 4.43. The summed E-state index contributed by atoms with van der Waals surface area (Å²) >= 11 is 9.94. The van der Waals surface area contributed by atoms with Gasteiger partial charge in [-0.15, -0.1) is 13.2 Å². The summed E-state index contributed by atoms with van der Waals surface area (Å²) in [5.74, 6) is -2.01. The Morgan fingerprint density at radius 3 is 2.73 bits per heavy atom. The van der Waals surface area contributed by atoms with Crippen LogP contribution in [0.3, 0.4) is 0 Å². The molecule has 1 rings (SSSR count). The second-order valence-corrected chi connectivity index (χ2v) is 5.12. The monoisotopic (exact) mass is 339 g/mol. The fourth-order valence-electron chi connectivity index (χ4n) is 1.69. The van der Waals surface area contributed by atoms with Crippen molar-refractivity contribution in [2.75, 3.05) is 13.1 Å². The maximum absolute atomic E-state index is 12.4. The van der Waals surface area contributed by atoms with Gasteiger partial charge in [0.1, 0.15) is 0 Å². The summed E-state index contributed by atoms with van der Waals surface area (Å²) in [7, 11) is 0. The van der Waals surface area contributed by atoms with Crippen LogP contribution in [0.2, 0.25) is 0 Å². The molecule has 7 nitrogen and oxygen atoms in total. The van der Waals surface area contributed by atoms with Gasteiger partial charge in [0.2, 0.25) is 11.8 Å². The number of amides is 2. The van der Waals surface area contributed by atoms with Crippen LogP contribution < -0.4 is 16.1 Å². The van der Waals surface area contributed by atoms with Gasteiger partial charge in [-0.3, -0.25) is 19.9 Å². The van der Waals surface area contributed by atoms with Crippen LogP contribution in [0.5, 0.6) is 0 Å². The molecule has 0 aromatic carbocycles. The summed E-state index contributed by atoms with van der Waals surface area (Å²) in [5.41, 5.74) is 2.85. The average molecular weight is 339 g/mol. The fourth-order valence-corrected chi connectivity index (χ4v) is 2.09. The van der Waals surface area contributed by atoms with Gasteiger partial charge in [-0.25, -0.2) is 0 Å². The van der Waals surface area contributed by atoms with E-state index in [0.717, 1.165) is 0 Å². The Hall–Kier alpha value is -2.13. The molecule has 2 amide bonds. The molecule has 0 bridgehead atoms. The quantitative estimate of drug-likeness (QED) is 0.209. The molecule has 1 saturated heterocycles. The maximum Gasteiger partial charge on any atom is 0.247 e. The van der Waals surface area contributed by atoms with Crippen LogP contribution in [0.15, 0.2) is 30.4 Å². The summed E-state index contributed by atoms with van der Waals surface area (Å²) in [6.07, 6.45) is 3.16. The molecule has 1 fully saturated rings. The van der Waals surface area contributed by atoms with Gasteiger partial charge in [-0.05, 0) is 31.4 Å². The molecule has 1 heterocycles. The van der Waals surface area contributed by atoms with Gasteiger partial charge >= 0.3 is 0 Å². The molecule has 118 valence electrons. The number of carbonyl (C=O) groups excluding carboxylic acids is 2. The van der Waals surface area contributed by atoms with Crippen molar-refractivity contribution in [2.45, 2.75) is 6.92 Å². The number of thiocarbonyl (C=S) groups is 2. The zero-order chi connectivity index (χ0) is 16.7. The summed E-state index contributed by atoms with van der Waals surface area (Å²) < 4.78 is 0. The molecule has 1 unspecified atom stereocenters. The van der Waals surface area contributed by atoms with Crippen molar-refractivity contribution < 1.29 is 9.59 Å². The molecule has 0 saturated carbocycles. The number of carbonyl (C=O) groups is 2. The van der Waals surface area contributed by atoms with E-state index in [1.165, 1.54) is 11.0 Å². The predicted molar refractivity (Wildman–Crippen MR) is 93.2 cm³/mol. The minimum atomic E-state index is -1.05. The van der Waals surface area contributed by atoms with E-state index >= 15 is 0 Å². The first-order chi connectivity index (χ1) is 10.4. The number of hydrogen-bond acceptors (Lipinski definition) is 5. The zero-order valence-electron chi connectivity index (χ0n) is 12.1. The van der Waals surface area contributed by atoms with Crippen molar-refractivity contribution in [1.82, 2.24) is 21.0 Å². The number of hydrazone groups is 1. The summed E-state index contributed by atoms with van der Waals surface area (Å²) in [6.45, 7) is 9.36. The van der Waals surface area contributed by atoms with E-state index in [-0.39, 0.29) is 22.5 Å². The Morgan fingerprint density at radius 1 is 1.45 bits per heavy atom. The van der Waals surface area contributed by atoms with Crippen LogP contribution in [0, 0.1) is 5.92 Å². The topological polar surface area (TPSA) is 85.8 Å². The molecule has 1 aliphatic heterocycles. The third-order valence-corrected chi connectivity index (χ3v) is 3.28. The molecule has 0 aromatic heterocycles. The molecular weight excluding hydrogens is 322 g/mol. The molecule has 3 N–H and O–H groups in total. The first-order valence-electron chi connectivity index (χ1n) is 6.38. The highest BCUT2D eigenvalue weighted by Gasteiger charge is 2.39. The van der Waals surface area contributed by atoms with E-state index in [2.05, 4.69) is 34.3 Å². The van der Waals surface area contributed by atoms with Gasteiger partial charge < -0.3 is 10.6 Å². The number of hydrogen-bond donors (Lipinski definition) is 3. The average Bonchev–Trinajstić information content (AvgIpc) is 2.47. The first-order valence-corrected chi connectivity index (χ1v) is 7.20. The van der Waals surface area contributed by atoms with Crippen LogP contribution >= 0.6 is 24.4 Å². The third-order valence-electron chi connectivity index (χ3n) is 2.72. The highest BCUT2D eigenvalue weighted by molar-refractivity contribution is 7.80. The van der Waals surface area contributed by atoms with Gasteiger partial charge in [0.15, 0.2) is 16.1 Å². The van der Waals surface area contributed by atoms with Gasteiger partial charge in [0.25, 0.3) is 0 Å². The van der Waals surface area contributed by atoms with Crippen LogP contribution in [0.1, 0.15) is 6.92 Å². The normalized spacial score (nSPS) is 18.6. The van der Waals surface area contributed by atoms with Crippen LogP contribution in [-0.2, 0) is 9.59 Å². The molecule has 0 aliphatic carbocycles. The summed E-state index contributed by atoms with van der Waals surface area (Å²) in [4.78, 5) is 25.6. The molecular formula is C13H17N5O2S2. The Labute approximate surface area is 139 Å². The number of rotatable bonds is 6. The summed E-state index contributed by atoms with van der Waals surface area (Å²) in [5, 5.41) is 9.59. The zero-order valence-corrected chi connectivity index (χ0v) is 13.7. The van der Waals surface area contributed by atoms with E-state index in [9.17, 15) is 9.59 Å². The fraction of sp³-hybridized carbons (Fsp3) is 0.308. The van der Waals surface area contributed by atoms with Crippen LogP contribution in [0.25, 0.3) is 0 Å². The van der Waals surface area contributed by atoms with E-state index in [1.54, 1.807) is 13.0 Å². The molecule has 22 heavy (non-hydrogen) atoms. The van der Waals surface area contributed by atoms with Gasteiger partial charge in [-0.1, -0.05) is 12.2 Å². The molecule has 0 radical (unpaired) electrons. The highest BCUT2D eigenvalue weighted by Crippen LogP contribution is 2.12. The lowest BCUT2D eigenvalue weighted by Crippen LogP contribution is -2.59. The lowest BCUT2D eigenvalue weighted by atomic mass is 10.00. The number of nitrogens with zero attached hydrogens (tertiary/aromatic N) is 2. The highest BCUT2D eigenvalue weighted by atomic mass is 32.1. The Bertz CT molecular complexity index is 559. The second kappa shape index (κ2) is 8.35. The molecule has 9 heteroatoms. The first kappa shape index (κ1) is 17.9. The van der Waals surface area contributed by atoms with E-state index < -0.39 is 17.7 Å². The van der Waals surface area contributed by atoms with Crippen molar-refractivity contribution in [3.8, 4) is 0 Å². The molecule has 1 aliphatic rings. The van der Waals surface area contributed by atoms with Crippen LogP contribution in [-0.4, -0.2) is 45.7 Å². The van der Waals surface area contributed by atoms with Gasteiger partial charge in [0.05, 0.1) is 5.71 Å². The smallest absolute Gasteiger partial charge is 0.247 e. The van der Waals surface area contributed by atoms with Crippen molar-refractivity contribution in [1.29, 1.82) is 0 Å².